The van der Waals surface area contributed by atoms with Crippen molar-refractivity contribution < 1.29 is 9.84 Å². The van der Waals surface area contributed by atoms with E-state index in [0.717, 1.165) is 19.4 Å². The molecule has 0 saturated carbocycles. The maximum absolute atomic E-state index is 10.4. The molecule has 3 heteroatoms. The van der Waals surface area contributed by atoms with Crippen molar-refractivity contribution in [2.45, 2.75) is 38.7 Å². The Morgan fingerprint density at radius 2 is 2.08 bits per heavy atom. The lowest BCUT2D eigenvalue weighted by molar-refractivity contribution is -0.0758. The van der Waals surface area contributed by atoms with Gasteiger partial charge in [0.05, 0.1) is 5.60 Å². The topological polar surface area (TPSA) is 55.5 Å². The van der Waals surface area contributed by atoms with E-state index in [4.69, 9.17) is 10.5 Å². The van der Waals surface area contributed by atoms with Crippen LogP contribution in [0.25, 0.3) is 0 Å². The first-order valence-electron chi connectivity index (χ1n) is 5.02. The van der Waals surface area contributed by atoms with E-state index >= 15 is 0 Å². The van der Waals surface area contributed by atoms with E-state index in [1.165, 1.54) is 0 Å². The fourth-order valence-corrected chi connectivity index (χ4v) is 1.80. The number of rotatable bonds is 2. The Balaban J connectivity index is 2.71. The van der Waals surface area contributed by atoms with Crippen LogP contribution in [0.5, 0.6) is 0 Å². The second-order valence-corrected chi connectivity index (χ2v) is 4.59. The Morgan fingerprint density at radius 1 is 1.38 bits per heavy atom. The molecule has 3 nitrogen and oxygen atoms in total. The molecule has 1 rings (SSSR count). The van der Waals surface area contributed by atoms with E-state index < -0.39 is 5.60 Å². The molecule has 0 aromatic heterocycles. The van der Waals surface area contributed by atoms with E-state index in [1.807, 2.05) is 13.8 Å². The lowest BCUT2D eigenvalue weighted by Crippen LogP contribution is -2.49. The Hall–Kier alpha value is -0.120. The van der Waals surface area contributed by atoms with Crippen LogP contribution in [-0.4, -0.2) is 30.5 Å². The molecule has 0 bridgehead atoms. The van der Waals surface area contributed by atoms with Crippen LogP contribution in [0.1, 0.15) is 33.1 Å². The van der Waals surface area contributed by atoms with Crippen LogP contribution in [0.2, 0.25) is 0 Å². The van der Waals surface area contributed by atoms with Gasteiger partial charge in [-0.1, -0.05) is 13.8 Å². The average Bonchev–Trinajstić information content (AvgIpc) is 2.31. The minimum atomic E-state index is -0.641. The quantitative estimate of drug-likeness (QED) is 0.675. The molecule has 78 valence electrons. The average molecular weight is 187 g/mol. The molecule has 1 aliphatic rings. The maximum Gasteiger partial charge on any atom is 0.0733 e. The summed E-state index contributed by atoms with van der Waals surface area (Å²) in [5.41, 5.74) is 4.82. The zero-order valence-corrected chi connectivity index (χ0v) is 8.68. The third kappa shape index (κ3) is 2.22. The SMILES string of the molecule is CC(C)(CN)C1(O)CCCOCC1. The molecular formula is C10H21NO2. The van der Waals surface area contributed by atoms with Crippen molar-refractivity contribution in [3.05, 3.63) is 0 Å². The predicted molar refractivity (Wildman–Crippen MR) is 52.5 cm³/mol. The van der Waals surface area contributed by atoms with Crippen molar-refractivity contribution >= 4 is 0 Å². The number of hydrogen-bond acceptors (Lipinski definition) is 3. The van der Waals surface area contributed by atoms with Crippen molar-refractivity contribution in [3.63, 3.8) is 0 Å². The Kier molecular flexibility index (Phi) is 3.33. The standard InChI is InChI=1S/C10H21NO2/c1-9(2,8-11)10(12)4-3-6-13-7-5-10/h12H,3-8,11H2,1-2H3. The normalized spacial score (nSPS) is 31.4. The number of nitrogens with two attached hydrogens (primary N) is 1. The van der Waals surface area contributed by atoms with E-state index in [1.54, 1.807) is 0 Å². The van der Waals surface area contributed by atoms with Crippen molar-refractivity contribution in [2.75, 3.05) is 19.8 Å². The highest BCUT2D eigenvalue weighted by Crippen LogP contribution is 2.37. The Bertz CT molecular complexity index is 160. The van der Waals surface area contributed by atoms with Crippen LogP contribution in [-0.2, 0) is 4.74 Å². The fourth-order valence-electron chi connectivity index (χ4n) is 1.80. The van der Waals surface area contributed by atoms with Crippen LogP contribution < -0.4 is 5.73 Å². The van der Waals surface area contributed by atoms with Gasteiger partial charge in [-0.05, 0) is 12.8 Å². The van der Waals surface area contributed by atoms with Gasteiger partial charge in [-0.3, -0.25) is 0 Å². The maximum atomic E-state index is 10.4. The molecular weight excluding hydrogens is 166 g/mol. The smallest absolute Gasteiger partial charge is 0.0733 e. The summed E-state index contributed by atoms with van der Waals surface area (Å²) in [6, 6.07) is 0. The first kappa shape index (κ1) is 11.0. The zero-order chi connectivity index (χ0) is 9.95. The van der Waals surface area contributed by atoms with Gasteiger partial charge in [-0.15, -0.1) is 0 Å². The fraction of sp³-hybridized carbons (Fsp3) is 1.00. The van der Waals surface area contributed by atoms with Crippen LogP contribution in [0.15, 0.2) is 0 Å². The molecule has 0 radical (unpaired) electrons. The summed E-state index contributed by atoms with van der Waals surface area (Å²) < 4.78 is 5.33. The molecule has 1 heterocycles. The third-order valence-electron chi connectivity index (χ3n) is 3.31. The van der Waals surface area contributed by atoms with Gasteiger partial charge >= 0.3 is 0 Å². The second kappa shape index (κ2) is 3.95. The predicted octanol–water partition coefficient (Wildman–Crippen LogP) is 0.903. The molecule has 0 aromatic rings. The number of ether oxygens (including phenoxy) is 1. The highest BCUT2D eigenvalue weighted by atomic mass is 16.5. The van der Waals surface area contributed by atoms with Crippen LogP contribution in [0, 0.1) is 5.41 Å². The molecule has 1 fully saturated rings. The van der Waals surface area contributed by atoms with Crippen LogP contribution in [0.4, 0.5) is 0 Å². The van der Waals surface area contributed by atoms with E-state index in [-0.39, 0.29) is 5.41 Å². The van der Waals surface area contributed by atoms with Gasteiger partial charge in [-0.25, -0.2) is 0 Å². The third-order valence-corrected chi connectivity index (χ3v) is 3.31. The summed E-state index contributed by atoms with van der Waals surface area (Å²) in [6.07, 6.45) is 2.44. The lowest BCUT2D eigenvalue weighted by atomic mass is 9.71. The van der Waals surface area contributed by atoms with E-state index in [2.05, 4.69) is 0 Å². The minimum absolute atomic E-state index is 0.208. The van der Waals surface area contributed by atoms with Gasteiger partial charge < -0.3 is 15.6 Å². The summed E-state index contributed by atoms with van der Waals surface area (Å²) >= 11 is 0. The molecule has 0 spiro atoms. The van der Waals surface area contributed by atoms with Crippen LogP contribution in [0.3, 0.4) is 0 Å². The zero-order valence-electron chi connectivity index (χ0n) is 8.68. The Labute approximate surface area is 80.3 Å². The highest BCUT2D eigenvalue weighted by Gasteiger charge is 2.42. The van der Waals surface area contributed by atoms with Gasteiger partial charge in [-0.2, -0.15) is 0 Å². The molecule has 1 aliphatic heterocycles. The summed E-state index contributed by atoms with van der Waals surface area (Å²) in [6.45, 7) is 5.99. The summed E-state index contributed by atoms with van der Waals surface area (Å²) in [5.74, 6) is 0. The van der Waals surface area contributed by atoms with E-state index in [9.17, 15) is 5.11 Å². The summed E-state index contributed by atoms with van der Waals surface area (Å²) in [7, 11) is 0. The molecule has 0 amide bonds. The highest BCUT2D eigenvalue weighted by molar-refractivity contribution is 4.94. The van der Waals surface area contributed by atoms with E-state index in [0.29, 0.717) is 19.6 Å². The molecule has 13 heavy (non-hydrogen) atoms. The molecule has 3 N–H and O–H groups in total. The number of hydrogen-bond donors (Lipinski definition) is 2. The molecule has 1 unspecified atom stereocenters. The van der Waals surface area contributed by atoms with Crippen molar-refractivity contribution in [2.24, 2.45) is 11.1 Å². The lowest BCUT2D eigenvalue weighted by Gasteiger charge is -2.41. The first-order valence-corrected chi connectivity index (χ1v) is 5.02. The first-order chi connectivity index (χ1) is 6.02. The number of aliphatic hydroxyl groups is 1. The second-order valence-electron chi connectivity index (χ2n) is 4.59. The van der Waals surface area contributed by atoms with Crippen molar-refractivity contribution in [1.82, 2.24) is 0 Å². The van der Waals surface area contributed by atoms with Gasteiger partial charge in [0, 0.05) is 31.6 Å². The van der Waals surface area contributed by atoms with Gasteiger partial charge in [0.25, 0.3) is 0 Å². The van der Waals surface area contributed by atoms with Crippen molar-refractivity contribution in [1.29, 1.82) is 0 Å². The largest absolute Gasteiger partial charge is 0.389 e. The monoisotopic (exact) mass is 187 g/mol. The summed E-state index contributed by atoms with van der Waals surface area (Å²) in [5, 5.41) is 10.4. The van der Waals surface area contributed by atoms with Crippen LogP contribution >= 0.6 is 0 Å². The summed E-state index contributed by atoms with van der Waals surface area (Å²) in [4.78, 5) is 0. The minimum Gasteiger partial charge on any atom is -0.389 e. The van der Waals surface area contributed by atoms with Crippen molar-refractivity contribution in [3.8, 4) is 0 Å². The molecule has 0 aliphatic carbocycles. The molecule has 1 saturated heterocycles. The van der Waals surface area contributed by atoms with Gasteiger partial charge in [0.15, 0.2) is 0 Å². The molecule has 0 aromatic carbocycles. The molecule has 1 atom stereocenters. The Morgan fingerprint density at radius 3 is 2.69 bits per heavy atom. The van der Waals surface area contributed by atoms with Gasteiger partial charge in [0.2, 0.25) is 0 Å². The van der Waals surface area contributed by atoms with Gasteiger partial charge in [0.1, 0.15) is 0 Å².